The number of fused-ring (bicyclic) bond motifs is 1. The van der Waals surface area contributed by atoms with Gasteiger partial charge in [-0.15, -0.1) is 0 Å². The zero-order valence-electron chi connectivity index (χ0n) is 35.1. The van der Waals surface area contributed by atoms with Crippen molar-refractivity contribution in [3.05, 3.63) is 188 Å². The predicted octanol–water partition coefficient (Wildman–Crippen LogP) is 8.91. The zero-order valence-corrected chi connectivity index (χ0v) is 35.9. The molecule has 1 aliphatic rings. The number of nitro groups is 2. The Morgan fingerprint density at radius 2 is 1.40 bits per heavy atom. The molecule has 0 saturated heterocycles. The quantitative estimate of drug-likeness (QED) is 0.0595. The number of alkyl halides is 3. The average molecular weight is 941 g/mol. The number of ether oxygens (including phenoxy) is 3. The molecule has 346 valence electrons. The number of carbonyl (C=O) groups is 2. The highest BCUT2D eigenvalue weighted by Crippen LogP contribution is 2.42. The van der Waals surface area contributed by atoms with Crippen LogP contribution < -0.4 is 24.0 Å². The van der Waals surface area contributed by atoms with Crippen molar-refractivity contribution in [1.29, 1.82) is 0 Å². The van der Waals surface area contributed by atoms with E-state index in [-0.39, 0.29) is 60.6 Å². The molecule has 1 atom stereocenters. The molecule has 0 fully saturated rings. The van der Waals surface area contributed by atoms with Crippen LogP contribution in [-0.4, -0.2) is 54.5 Å². The summed E-state index contributed by atoms with van der Waals surface area (Å²) in [7, 11) is -5.28. The molecule has 0 aliphatic carbocycles. The largest absolute Gasteiger partial charge is 0.473 e. The van der Waals surface area contributed by atoms with Crippen LogP contribution in [-0.2, 0) is 41.1 Å². The molecular weight excluding hydrogens is 902 g/mol. The van der Waals surface area contributed by atoms with E-state index in [4.69, 9.17) is 14.2 Å². The molecule has 2 heterocycles. The number of nitrogens with one attached hydrogen (secondary N) is 1. The van der Waals surface area contributed by atoms with Crippen molar-refractivity contribution in [3.63, 3.8) is 0 Å². The second kappa shape index (κ2) is 20.4. The summed E-state index contributed by atoms with van der Waals surface area (Å²) in [5.74, 6) is -2.98. The molecule has 2 amide bonds. The first-order valence-corrected chi connectivity index (χ1v) is 21.8. The van der Waals surface area contributed by atoms with Gasteiger partial charge in [-0.3, -0.25) is 34.2 Å². The number of sulfonamides is 1. The van der Waals surface area contributed by atoms with Crippen LogP contribution in [0.2, 0.25) is 0 Å². The number of nitrogens with zero attached hydrogens (tertiary/aromatic N) is 5. The van der Waals surface area contributed by atoms with Crippen LogP contribution in [0.5, 0.6) is 11.8 Å². The van der Waals surface area contributed by atoms with Crippen molar-refractivity contribution >= 4 is 44.8 Å². The van der Waals surface area contributed by atoms with E-state index in [1.165, 1.54) is 35.2 Å². The van der Waals surface area contributed by atoms with Gasteiger partial charge in [-0.25, -0.2) is 13.2 Å². The number of anilines is 2. The van der Waals surface area contributed by atoms with Gasteiger partial charge < -0.3 is 19.5 Å². The Hall–Kier alpha value is -8.07. The summed E-state index contributed by atoms with van der Waals surface area (Å²) >= 11 is 0. The van der Waals surface area contributed by atoms with E-state index in [0.29, 0.717) is 28.1 Å². The van der Waals surface area contributed by atoms with E-state index in [9.17, 15) is 51.4 Å². The number of hydrogen-bond donors (Lipinski definition) is 1. The lowest BCUT2D eigenvalue weighted by Crippen LogP contribution is -2.40. The van der Waals surface area contributed by atoms with Crippen LogP contribution in [0.4, 0.5) is 40.7 Å². The van der Waals surface area contributed by atoms with E-state index in [2.05, 4.69) is 10.3 Å². The molecule has 1 unspecified atom stereocenters. The number of carbonyl (C=O) groups excluding carboxylic acids is 2. The molecule has 0 saturated carbocycles. The number of amides is 2. The van der Waals surface area contributed by atoms with Gasteiger partial charge in [-0.05, 0) is 47.4 Å². The fraction of sp³-hybridized carbons (Fsp3) is 0.196. The van der Waals surface area contributed by atoms with Gasteiger partial charge in [0.05, 0.1) is 34.1 Å². The number of non-ortho nitro benzene ring substituents is 1. The Bertz CT molecular complexity index is 2880. The number of alkyl carbamates (subject to hydrolysis) is 1. The summed E-state index contributed by atoms with van der Waals surface area (Å²) in [5, 5.41) is 25.9. The Balaban J connectivity index is 1.23. The maximum atomic E-state index is 14.7. The lowest BCUT2D eigenvalue weighted by atomic mass is 10.0. The van der Waals surface area contributed by atoms with Gasteiger partial charge in [0, 0.05) is 36.3 Å². The molecular formula is C46H39F3N6O11S. The van der Waals surface area contributed by atoms with Gasteiger partial charge in [0.2, 0.25) is 11.8 Å². The minimum Gasteiger partial charge on any atom is -0.473 e. The number of pyridine rings is 1. The van der Waals surface area contributed by atoms with Gasteiger partial charge in [-0.2, -0.15) is 18.2 Å². The first-order valence-electron chi connectivity index (χ1n) is 20.3. The van der Waals surface area contributed by atoms with E-state index >= 15 is 0 Å². The summed E-state index contributed by atoms with van der Waals surface area (Å²) in [6.45, 7) is -2.55. The van der Waals surface area contributed by atoms with Crippen LogP contribution in [0.25, 0.3) is 0 Å². The first-order chi connectivity index (χ1) is 32.1. The smallest absolute Gasteiger partial charge is 0.407 e. The molecule has 0 radical (unpaired) electrons. The van der Waals surface area contributed by atoms with Crippen LogP contribution in [0.15, 0.2) is 144 Å². The number of hydrogen-bond acceptors (Lipinski definition) is 12. The third-order valence-corrected chi connectivity index (χ3v) is 12.4. The second-order valence-corrected chi connectivity index (χ2v) is 16.8. The number of rotatable bonds is 19. The minimum atomic E-state index is -5.28. The Labute approximate surface area is 380 Å². The van der Waals surface area contributed by atoms with Gasteiger partial charge in [0.25, 0.3) is 27.3 Å². The van der Waals surface area contributed by atoms with Gasteiger partial charge in [-0.1, -0.05) is 97.1 Å². The maximum absolute atomic E-state index is 14.7. The first kappa shape index (κ1) is 46.9. The molecule has 0 spiro atoms. The molecule has 1 aromatic heterocycles. The third kappa shape index (κ3) is 11.2. The standard InChI is InChI=1S/C46H39F3N6O11S/c47-46(48,49)34(26-50-45(57)66-30-33-15-8-3-9-16-33)23-24-53(67(62,63)41-21-19-35(54(58)59)25-40(41)55(60)61)38-18-10-17-36-37(38)27-52(44(36)56)39-20-22-42(64-28-31-11-4-1-5-12-31)51-43(39)65-29-32-13-6-2-7-14-32/h1-22,25,34H,23-24,26-30H2,(H,50,57). The fourth-order valence-corrected chi connectivity index (χ4v) is 8.77. The highest BCUT2D eigenvalue weighted by Gasteiger charge is 2.43. The van der Waals surface area contributed by atoms with E-state index in [1.54, 1.807) is 54.6 Å². The number of halogens is 3. The molecule has 7 rings (SSSR count). The van der Waals surface area contributed by atoms with Crippen molar-refractivity contribution in [2.24, 2.45) is 5.92 Å². The Morgan fingerprint density at radius 1 is 0.791 bits per heavy atom. The molecule has 1 aliphatic heterocycles. The predicted molar refractivity (Wildman–Crippen MR) is 236 cm³/mol. The summed E-state index contributed by atoms with van der Waals surface area (Å²) in [6.07, 6.45) is -7.22. The van der Waals surface area contributed by atoms with Crippen LogP contribution in [0.3, 0.4) is 0 Å². The third-order valence-electron chi connectivity index (χ3n) is 10.5. The van der Waals surface area contributed by atoms with Crippen molar-refractivity contribution in [1.82, 2.24) is 10.3 Å². The molecule has 17 nitrogen and oxygen atoms in total. The Morgan fingerprint density at radius 3 is 2.00 bits per heavy atom. The van der Waals surface area contributed by atoms with Crippen molar-refractivity contribution in [2.45, 2.75) is 43.9 Å². The molecule has 0 bridgehead atoms. The summed E-state index contributed by atoms with van der Waals surface area (Å²) in [5.41, 5.74) is -0.141. The second-order valence-electron chi connectivity index (χ2n) is 14.9. The van der Waals surface area contributed by atoms with Crippen LogP contribution in [0, 0.1) is 26.1 Å². The number of nitro benzene ring substituents is 2. The molecule has 21 heteroatoms. The SMILES string of the molecule is O=C(NCC(CCN(c1cccc2c1CN(c1ccc(OCc3ccccc3)nc1OCc1ccccc1)C2=O)S(=O)(=O)c1ccc([N+](=O)[O-])cc1[N+](=O)[O-])C(F)(F)F)OCc1ccccc1. The molecule has 5 aromatic carbocycles. The monoisotopic (exact) mass is 940 g/mol. The van der Waals surface area contributed by atoms with E-state index in [0.717, 1.165) is 11.1 Å². The van der Waals surface area contributed by atoms with E-state index < -0.39 is 79.7 Å². The summed E-state index contributed by atoms with van der Waals surface area (Å²) in [6, 6.07) is 35.3. The highest BCUT2D eigenvalue weighted by molar-refractivity contribution is 7.93. The average Bonchev–Trinajstić information content (AvgIpc) is 3.66. The number of aromatic nitrogens is 1. The van der Waals surface area contributed by atoms with E-state index in [1.807, 2.05) is 36.4 Å². The van der Waals surface area contributed by atoms with Crippen molar-refractivity contribution in [3.8, 4) is 11.8 Å². The summed E-state index contributed by atoms with van der Waals surface area (Å²) in [4.78, 5) is 53.2. The fourth-order valence-electron chi connectivity index (χ4n) is 7.11. The van der Waals surface area contributed by atoms with Crippen LogP contribution in [0.1, 0.15) is 39.0 Å². The van der Waals surface area contributed by atoms with Gasteiger partial charge >= 0.3 is 12.3 Å². The minimum absolute atomic E-state index is 0.00320. The topological polar surface area (TPSA) is 214 Å². The highest BCUT2D eigenvalue weighted by atomic mass is 32.2. The lowest BCUT2D eigenvalue weighted by Gasteiger charge is -2.29. The maximum Gasteiger partial charge on any atom is 0.407 e. The zero-order chi connectivity index (χ0) is 47.7. The van der Waals surface area contributed by atoms with Gasteiger partial charge in [0.1, 0.15) is 25.5 Å². The van der Waals surface area contributed by atoms with Gasteiger partial charge in [0.15, 0.2) is 4.90 Å². The van der Waals surface area contributed by atoms with Crippen LogP contribution >= 0.6 is 0 Å². The normalized spacial score (nSPS) is 12.8. The lowest BCUT2D eigenvalue weighted by molar-refractivity contribution is -0.396. The summed E-state index contributed by atoms with van der Waals surface area (Å²) < 4.78 is 91.1. The van der Waals surface area contributed by atoms with Crippen molar-refractivity contribution < 1.29 is 55.2 Å². The molecule has 67 heavy (non-hydrogen) atoms. The molecule has 1 N–H and O–H groups in total. The Kier molecular flexibility index (Phi) is 14.3. The molecule has 6 aromatic rings. The number of benzene rings is 5. The van der Waals surface area contributed by atoms with Crippen molar-refractivity contribution in [2.75, 3.05) is 22.3 Å².